The Kier molecular flexibility index (Phi) is 29.0. The largest absolute Gasteiger partial charge is 0.462 e. The molecular weight excluding hydrogens is 520 g/mol. The second-order valence-electron chi connectivity index (χ2n) is 11.6. The fourth-order valence-electron chi connectivity index (χ4n) is 4.75. The summed E-state index contributed by atoms with van der Waals surface area (Å²) in [5.74, 6) is -0.702. The maximum absolute atomic E-state index is 12.1. The van der Waals surface area contributed by atoms with Crippen molar-refractivity contribution in [2.75, 3.05) is 13.2 Å². The summed E-state index contributed by atoms with van der Waals surface area (Å²) in [6.45, 7) is 3.92. The number of carbonyl (C=O) groups excluding carboxylic acids is 2. The predicted molar refractivity (Wildman–Crippen MR) is 167 cm³/mol. The number of rotatable bonds is 30. The van der Waals surface area contributed by atoms with Crippen LogP contribution in [0, 0.1) is 0 Å². The van der Waals surface area contributed by atoms with Crippen molar-refractivity contribution < 1.29 is 34.4 Å². The average molecular weight is 585 g/mol. The van der Waals surface area contributed by atoms with E-state index in [1.54, 1.807) is 0 Å². The van der Waals surface area contributed by atoms with E-state index in [4.69, 9.17) is 9.47 Å². The van der Waals surface area contributed by atoms with E-state index >= 15 is 0 Å². The number of esters is 2. The van der Waals surface area contributed by atoms with E-state index in [1.807, 2.05) is 6.08 Å². The number of hydrogen-bond donors (Lipinski definition) is 3. The molecule has 0 saturated heterocycles. The molecule has 0 aliphatic carbocycles. The van der Waals surface area contributed by atoms with Gasteiger partial charge in [-0.1, -0.05) is 122 Å². The molecule has 242 valence electrons. The Hall–Kier alpha value is -1.44. The van der Waals surface area contributed by atoms with Crippen molar-refractivity contribution in [1.82, 2.24) is 0 Å². The molecule has 0 heterocycles. The first-order valence-electron chi connectivity index (χ1n) is 16.9. The lowest BCUT2D eigenvalue weighted by Gasteiger charge is -2.16. The first kappa shape index (κ1) is 39.6. The molecule has 0 amide bonds. The second kappa shape index (κ2) is 30.0. The zero-order chi connectivity index (χ0) is 30.4. The molecule has 0 aliphatic heterocycles. The van der Waals surface area contributed by atoms with Crippen LogP contribution in [0.2, 0.25) is 0 Å². The highest BCUT2D eigenvalue weighted by atomic mass is 16.6. The summed E-state index contributed by atoms with van der Waals surface area (Å²) in [6, 6.07) is 0. The lowest BCUT2D eigenvalue weighted by atomic mass is 10.0. The van der Waals surface area contributed by atoms with Crippen molar-refractivity contribution in [1.29, 1.82) is 0 Å². The number of allylic oxidation sites excluding steroid dienone is 1. The number of ether oxygens (including phenoxy) is 2. The SMILES string of the molecule is CCCCC/C=C\C[C@H](O)[C@@H](O)CCCCCCCC(=O)O[C@@H](CO)COC(=O)CCCCCCCCCCCC. The molecule has 0 aromatic heterocycles. The molecule has 3 N–H and O–H groups in total. The first-order valence-corrected chi connectivity index (χ1v) is 16.9. The van der Waals surface area contributed by atoms with E-state index < -0.39 is 24.3 Å². The fourth-order valence-corrected chi connectivity index (χ4v) is 4.75. The Morgan fingerprint density at radius 1 is 0.634 bits per heavy atom. The lowest BCUT2D eigenvalue weighted by Crippen LogP contribution is -2.28. The molecule has 0 fully saturated rings. The molecule has 0 bridgehead atoms. The van der Waals surface area contributed by atoms with Crippen LogP contribution in [-0.2, 0) is 19.1 Å². The van der Waals surface area contributed by atoms with Crippen molar-refractivity contribution in [2.24, 2.45) is 0 Å². The standard InChI is InChI=1S/C34H64O7/c1-3-5-7-9-11-12-13-14-18-22-26-33(38)40-29-30(28-35)41-34(39)27-23-19-15-17-21-25-32(37)31(36)24-20-16-10-8-6-4-2/h16,20,30-32,35-37H,3-15,17-19,21-29H2,1-2H3/b20-16-/t30-,31-,32-/m0/s1. The number of aliphatic hydroxyl groups is 3. The van der Waals surface area contributed by atoms with Gasteiger partial charge in [-0.15, -0.1) is 0 Å². The summed E-state index contributed by atoms with van der Waals surface area (Å²) < 4.78 is 10.5. The molecule has 0 unspecified atom stereocenters. The first-order chi connectivity index (χ1) is 19.9. The highest BCUT2D eigenvalue weighted by Crippen LogP contribution is 2.14. The molecule has 0 aliphatic rings. The van der Waals surface area contributed by atoms with E-state index in [0.29, 0.717) is 25.7 Å². The second-order valence-corrected chi connectivity index (χ2v) is 11.6. The van der Waals surface area contributed by atoms with Crippen LogP contribution >= 0.6 is 0 Å². The van der Waals surface area contributed by atoms with Crippen LogP contribution in [-0.4, -0.2) is 58.8 Å². The van der Waals surface area contributed by atoms with Crippen LogP contribution in [0.4, 0.5) is 0 Å². The molecular formula is C34H64O7. The van der Waals surface area contributed by atoms with Crippen molar-refractivity contribution in [3.8, 4) is 0 Å². The van der Waals surface area contributed by atoms with Gasteiger partial charge in [0.05, 0.1) is 18.8 Å². The van der Waals surface area contributed by atoms with E-state index in [-0.39, 0.29) is 25.6 Å². The zero-order valence-corrected chi connectivity index (χ0v) is 26.5. The van der Waals surface area contributed by atoms with Crippen molar-refractivity contribution in [3.63, 3.8) is 0 Å². The van der Waals surface area contributed by atoms with Crippen LogP contribution in [0.25, 0.3) is 0 Å². The van der Waals surface area contributed by atoms with Crippen LogP contribution < -0.4 is 0 Å². The maximum Gasteiger partial charge on any atom is 0.306 e. The third-order valence-corrected chi connectivity index (χ3v) is 7.51. The van der Waals surface area contributed by atoms with Gasteiger partial charge in [0.1, 0.15) is 6.61 Å². The summed E-state index contributed by atoms with van der Waals surface area (Å²) in [5, 5.41) is 29.7. The highest BCUT2D eigenvalue weighted by Gasteiger charge is 2.16. The van der Waals surface area contributed by atoms with Gasteiger partial charge < -0.3 is 24.8 Å². The zero-order valence-electron chi connectivity index (χ0n) is 26.5. The smallest absolute Gasteiger partial charge is 0.306 e. The number of hydrogen-bond acceptors (Lipinski definition) is 7. The third kappa shape index (κ3) is 27.2. The Morgan fingerprint density at radius 2 is 1.15 bits per heavy atom. The minimum atomic E-state index is -0.821. The van der Waals surface area contributed by atoms with Gasteiger partial charge in [-0.05, 0) is 38.5 Å². The van der Waals surface area contributed by atoms with Crippen LogP contribution in [0.5, 0.6) is 0 Å². The van der Waals surface area contributed by atoms with Gasteiger partial charge in [-0.25, -0.2) is 0 Å². The van der Waals surface area contributed by atoms with Gasteiger partial charge >= 0.3 is 11.9 Å². The molecule has 0 radical (unpaired) electrons. The summed E-state index contributed by atoms with van der Waals surface area (Å²) in [5.41, 5.74) is 0. The molecule has 0 aromatic rings. The van der Waals surface area contributed by atoms with Crippen LogP contribution in [0.3, 0.4) is 0 Å². The molecule has 0 spiro atoms. The van der Waals surface area contributed by atoms with Crippen molar-refractivity contribution >= 4 is 11.9 Å². The minimum Gasteiger partial charge on any atom is -0.462 e. The quantitative estimate of drug-likeness (QED) is 0.0450. The molecule has 7 nitrogen and oxygen atoms in total. The molecule has 0 rings (SSSR count). The van der Waals surface area contributed by atoms with Crippen LogP contribution in [0.15, 0.2) is 12.2 Å². The number of aliphatic hydroxyl groups excluding tert-OH is 3. The molecule has 41 heavy (non-hydrogen) atoms. The van der Waals surface area contributed by atoms with Gasteiger partial charge in [0.15, 0.2) is 6.10 Å². The Labute approximate surface area is 251 Å². The van der Waals surface area contributed by atoms with E-state index in [0.717, 1.165) is 51.4 Å². The van der Waals surface area contributed by atoms with Crippen LogP contribution in [0.1, 0.15) is 162 Å². The Morgan fingerprint density at radius 3 is 1.73 bits per heavy atom. The Bertz CT molecular complexity index is 622. The molecule has 3 atom stereocenters. The van der Waals surface area contributed by atoms with E-state index in [1.165, 1.54) is 64.2 Å². The predicted octanol–water partition coefficient (Wildman–Crippen LogP) is 7.72. The van der Waals surface area contributed by atoms with Crippen molar-refractivity contribution in [2.45, 2.75) is 180 Å². The van der Waals surface area contributed by atoms with E-state index in [9.17, 15) is 24.9 Å². The van der Waals surface area contributed by atoms with Gasteiger partial charge in [0, 0.05) is 12.8 Å². The normalized spacial score (nSPS) is 13.8. The summed E-state index contributed by atoms with van der Waals surface area (Å²) >= 11 is 0. The van der Waals surface area contributed by atoms with E-state index in [2.05, 4.69) is 19.9 Å². The molecule has 0 aromatic carbocycles. The lowest BCUT2D eigenvalue weighted by molar-refractivity contribution is -0.161. The van der Waals surface area contributed by atoms with Gasteiger partial charge in [0.25, 0.3) is 0 Å². The molecule has 7 heteroatoms. The average Bonchev–Trinajstić information content (AvgIpc) is 2.97. The number of unbranched alkanes of at least 4 members (excludes halogenated alkanes) is 16. The topological polar surface area (TPSA) is 113 Å². The summed E-state index contributed by atoms with van der Waals surface area (Å²) in [4.78, 5) is 24.1. The fraction of sp³-hybridized carbons (Fsp3) is 0.882. The molecule has 0 saturated carbocycles. The summed E-state index contributed by atoms with van der Waals surface area (Å²) in [7, 11) is 0. The monoisotopic (exact) mass is 584 g/mol. The van der Waals surface area contributed by atoms with Crippen molar-refractivity contribution in [3.05, 3.63) is 12.2 Å². The highest BCUT2D eigenvalue weighted by molar-refractivity contribution is 5.70. The van der Waals surface area contributed by atoms with Gasteiger partial charge in [-0.2, -0.15) is 0 Å². The van der Waals surface area contributed by atoms with Gasteiger partial charge in [-0.3, -0.25) is 9.59 Å². The summed E-state index contributed by atoms with van der Waals surface area (Å²) in [6.07, 6.45) is 24.4. The van der Waals surface area contributed by atoms with Gasteiger partial charge in [0.2, 0.25) is 0 Å². The maximum atomic E-state index is 12.1. The third-order valence-electron chi connectivity index (χ3n) is 7.51. The Balaban J connectivity index is 3.73. The number of carbonyl (C=O) groups is 2. The minimum absolute atomic E-state index is 0.109.